The lowest BCUT2D eigenvalue weighted by atomic mass is 9.78. The maximum absolute atomic E-state index is 2.73. The summed E-state index contributed by atoms with van der Waals surface area (Å²) in [7, 11) is 4.17. The van der Waals surface area contributed by atoms with Crippen LogP contribution in [0.5, 0.6) is 0 Å². The van der Waals surface area contributed by atoms with Gasteiger partial charge in [0.05, 0.1) is 0 Å². The highest BCUT2D eigenvalue weighted by molar-refractivity contribution is 5.55. The van der Waals surface area contributed by atoms with Gasteiger partial charge in [-0.25, -0.2) is 0 Å². The minimum atomic E-state index is 0.864. The molecule has 1 heterocycles. The zero-order chi connectivity index (χ0) is 15.4. The molecule has 0 spiro atoms. The largest absolute Gasteiger partial charge is 0.378 e. The van der Waals surface area contributed by atoms with Crippen LogP contribution in [0, 0.1) is 5.92 Å². The van der Waals surface area contributed by atoms with Crippen LogP contribution in [0.2, 0.25) is 0 Å². The summed E-state index contributed by atoms with van der Waals surface area (Å²) < 4.78 is 0. The fourth-order valence-electron chi connectivity index (χ4n) is 4.16. The van der Waals surface area contributed by atoms with Crippen molar-refractivity contribution >= 4 is 11.8 Å². The molecule has 0 N–H and O–H groups in total. The predicted octanol–water partition coefficient (Wildman–Crippen LogP) is 4.42. The van der Waals surface area contributed by atoms with E-state index in [4.69, 9.17) is 0 Å². The summed E-state index contributed by atoms with van der Waals surface area (Å²) in [5.41, 5.74) is 2.57. The third-order valence-electron chi connectivity index (χ3n) is 5.42. The number of anilines is 1. The molecule has 0 unspecified atom stereocenters. The van der Waals surface area contributed by atoms with Crippen LogP contribution in [0.25, 0.3) is 6.08 Å². The zero-order valence-corrected chi connectivity index (χ0v) is 14.2. The molecule has 0 amide bonds. The summed E-state index contributed by atoms with van der Waals surface area (Å²) in [6.45, 7) is 2.42. The lowest BCUT2D eigenvalue weighted by Gasteiger charge is -2.43. The van der Waals surface area contributed by atoms with E-state index in [1.165, 1.54) is 56.3 Å². The second kappa shape index (κ2) is 7.32. The molecule has 3 rings (SSSR count). The SMILES string of the molecule is CN(C)c1ccc(/C=C/CN2CCC[C@@H]3CCCC[C@H]32)cc1. The van der Waals surface area contributed by atoms with Gasteiger partial charge in [0.2, 0.25) is 0 Å². The molecule has 2 heteroatoms. The van der Waals surface area contributed by atoms with Crippen LogP contribution < -0.4 is 4.90 Å². The Hall–Kier alpha value is -1.28. The highest BCUT2D eigenvalue weighted by Gasteiger charge is 2.32. The average Bonchev–Trinajstić information content (AvgIpc) is 2.55. The summed E-state index contributed by atoms with van der Waals surface area (Å²) in [6, 6.07) is 9.68. The third kappa shape index (κ3) is 3.73. The molecule has 0 radical (unpaired) electrons. The first-order valence-electron chi connectivity index (χ1n) is 8.92. The molecule has 1 aliphatic heterocycles. The summed E-state index contributed by atoms with van der Waals surface area (Å²) in [5.74, 6) is 0.982. The lowest BCUT2D eigenvalue weighted by Crippen LogP contribution is -2.46. The Balaban J connectivity index is 1.56. The third-order valence-corrected chi connectivity index (χ3v) is 5.42. The van der Waals surface area contributed by atoms with Crippen LogP contribution in [0.15, 0.2) is 30.3 Å². The van der Waals surface area contributed by atoms with Crippen molar-refractivity contribution in [2.24, 2.45) is 5.92 Å². The van der Waals surface area contributed by atoms with Gasteiger partial charge in [-0.2, -0.15) is 0 Å². The van der Waals surface area contributed by atoms with E-state index in [2.05, 4.69) is 60.3 Å². The van der Waals surface area contributed by atoms with Gasteiger partial charge < -0.3 is 4.90 Å². The normalized spacial score (nSPS) is 26.1. The molecule has 1 aliphatic carbocycles. The van der Waals surface area contributed by atoms with Gasteiger partial charge in [0.1, 0.15) is 0 Å². The number of fused-ring (bicyclic) bond motifs is 1. The maximum Gasteiger partial charge on any atom is 0.0361 e. The van der Waals surface area contributed by atoms with E-state index in [0.29, 0.717) is 0 Å². The van der Waals surface area contributed by atoms with Gasteiger partial charge in [-0.1, -0.05) is 37.1 Å². The second-order valence-corrected chi connectivity index (χ2v) is 7.14. The molecule has 0 bridgehead atoms. The van der Waals surface area contributed by atoms with Crippen molar-refractivity contribution in [2.75, 3.05) is 32.1 Å². The smallest absolute Gasteiger partial charge is 0.0361 e. The van der Waals surface area contributed by atoms with Crippen LogP contribution in [0.1, 0.15) is 44.1 Å². The van der Waals surface area contributed by atoms with Crippen LogP contribution >= 0.6 is 0 Å². The number of piperidine rings is 1. The van der Waals surface area contributed by atoms with Gasteiger partial charge >= 0.3 is 0 Å². The van der Waals surface area contributed by atoms with Crippen molar-refractivity contribution in [1.29, 1.82) is 0 Å². The van der Waals surface area contributed by atoms with Crippen molar-refractivity contribution < 1.29 is 0 Å². The molecule has 2 aliphatic rings. The molecule has 1 saturated heterocycles. The van der Waals surface area contributed by atoms with Gasteiger partial charge in [-0.15, -0.1) is 0 Å². The molecule has 2 fully saturated rings. The molecule has 120 valence electrons. The summed E-state index contributed by atoms with van der Waals surface area (Å²) in [5, 5.41) is 0. The topological polar surface area (TPSA) is 6.48 Å². The summed E-state index contributed by atoms with van der Waals surface area (Å²) in [4.78, 5) is 4.88. The Morgan fingerprint density at radius 2 is 1.77 bits per heavy atom. The maximum atomic E-state index is 2.73. The fourth-order valence-corrected chi connectivity index (χ4v) is 4.16. The summed E-state index contributed by atoms with van der Waals surface area (Å²) >= 11 is 0. The van der Waals surface area contributed by atoms with Crippen molar-refractivity contribution in [3.8, 4) is 0 Å². The van der Waals surface area contributed by atoms with Crippen molar-refractivity contribution in [2.45, 2.75) is 44.6 Å². The van der Waals surface area contributed by atoms with Crippen LogP contribution in [-0.2, 0) is 0 Å². The van der Waals surface area contributed by atoms with Gasteiger partial charge in [0.15, 0.2) is 0 Å². The highest BCUT2D eigenvalue weighted by Crippen LogP contribution is 2.35. The van der Waals surface area contributed by atoms with E-state index in [9.17, 15) is 0 Å². The standard InChI is InChI=1S/C20H30N2/c1-21(2)19-13-11-17(12-14-19)7-5-15-22-16-6-9-18-8-3-4-10-20(18)22/h5,7,11-14,18,20H,3-4,6,8-10,15-16H2,1-2H3/b7-5+/t18-,20+/m0/s1. The fraction of sp³-hybridized carbons (Fsp3) is 0.600. The van der Waals surface area contributed by atoms with E-state index >= 15 is 0 Å². The molecule has 1 saturated carbocycles. The van der Waals surface area contributed by atoms with Gasteiger partial charge in [-0.05, 0) is 55.8 Å². The Labute approximate surface area is 135 Å². The van der Waals surface area contributed by atoms with Gasteiger partial charge in [0, 0.05) is 32.4 Å². The van der Waals surface area contributed by atoms with Crippen LogP contribution in [-0.4, -0.2) is 38.1 Å². The van der Waals surface area contributed by atoms with Crippen molar-refractivity contribution in [1.82, 2.24) is 4.90 Å². The molecule has 22 heavy (non-hydrogen) atoms. The monoisotopic (exact) mass is 298 g/mol. The van der Waals surface area contributed by atoms with Gasteiger partial charge in [-0.3, -0.25) is 4.90 Å². The van der Waals surface area contributed by atoms with Crippen molar-refractivity contribution in [3.05, 3.63) is 35.9 Å². The van der Waals surface area contributed by atoms with E-state index < -0.39 is 0 Å². The Kier molecular flexibility index (Phi) is 5.20. The Morgan fingerprint density at radius 1 is 1.05 bits per heavy atom. The number of likely N-dealkylation sites (tertiary alicyclic amines) is 1. The zero-order valence-electron chi connectivity index (χ0n) is 14.2. The second-order valence-electron chi connectivity index (χ2n) is 7.14. The average molecular weight is 298 g/mol. The Morgan fingerprint density at radius 3 is 2.55 bits per heavy atom. The molecule has 0 aromatic heterocycles. The van der Waals surface area contributed by atoms with E-state index in [-0.39, 0.29) is 0 Å². The number of rotatable bonds is 4. The molecular weight excluding hydrogens is 268 g/mol. The molecular formula is C20H30N2. The number of benzene rings is 1. The first-order valence-corrected chi connectivity index (χ1v) is 8.92. The molecule has 2 atom stereocenters. The first kappa shape index (κ1) is 15.6. The first-order chi connectivity index (χ1) is 10.7. The van der Waals surface area contributed by atoms with Crippen molar-refractivity contribution in [3.63, 3.8) is 0 Å². The number of nitrogens with zero attached hydrogens (tertiary/aromatic N) is 2. The highest BCUT2D eigenvalue weighted by atomic mass is 15.2. The van der Waals surface area contributed by atoms with Crippen LogP contribution in [0.4, 0.5) is 5.69 Å². The minimum absolute atomic E-state index is 0.864. The Bertz CT molecular complexity index is 487. The summed E-state index contributed by atoms with van der Waals surface area (Å²) in [6.07, 6.45) is 13.3. The molecule has 1 aromatic carbocycles. The quantitative estimate of drug-likeness (QED) is 0.812. The lowest BCUT2D eigenvalue weighted by molar-refractivity contribution is 0.0713. The number of hydrogen-bond donors (Lipinski definition) is 0. The predicted molar refractivity (Wildman–Crippen MR) is 96.4 cm³/mol. The van der Waals surface area contributed by atoms with Gasteiger partial charge in [0.25, 0.3) is 0 Å². The van der Waals surface area contributed by atoms with E-state index in [1.807, 2.05) is 0 Å². The molecule has 2 nitrogen and oxygen atoms in total. The number of hydrogen-bond acceptors (Lipinski definition) is 2. The van der Waals surface area contributed by atoms with E-state index in [1.54, 1.807) is 0 Å². The van der Waals surface area contributed by atoms with Crippen LogP contribution in [0.3, 0.4) is 0 Å². The molecule has 1 aromatic rings. The van der Waals surface area contributed by atoms with E-state index in [0.717, 1.165) is 18.5 Å². The minimum Gasteiger partial charge on any atom is -0.378 e.